The van der Waals surface area contributed by atoms with E-state index in [4.69, 9.17) is 13.7 Å². The summed E-state index contributed by atoms with van der Waals surface area (Å²) >= 11 is 0. The summed E-state index contributed by atoms with van der Waals surface area (Å²) in [6.07, 6.45) is -0.317. The van der Waals surface area contributed by atoms with Gasteiger partial charge in [0.25, 0.3) is 10.1 Å². The fraction of sp³-hybridized carbons (Fsp3) is 0.240. The summed E-state index contributed by atoms with van der Waals surface area (Å²) in [6, 6.07) is 22.3. The van der Waals surface area contributed by atoms with E-state index in [1.807, 2.05) is 49.4 Å². The van der Waals surface area contributed by atoms with Gasteiger partial charge in [-0.1, -0.05) is 60.2 Å². The van der Waals surface area contributed by atoms with E-state index >= 15 is 0 Å². The third-order valence-corrected chi connectivity index (χ3v) is 6.21. The number of carbonyl (C=O) groups is 1. The summed E-state index contributed by atoms with van der Waals surface area (Å²) < 4.78 is 40.9. The highest BCUT2D eigenvalue weighted by Crippen LogP contribution is 2.16. The number of hydrogen-bond donors (Lipinski definition) is 1. The van der Waals surface area contributed by atoms with Crippen LogP contribution in [0.5, 0.6) is 5.75 Å². The van der Waals surface area contributed by atoms with Crippen LogP contribution < -0.4 is 10.1 Å². The highest BCUT2D eigenvalue weighted by Gasteiger charge is 2.21. The van der Waals surface area contributed by atoms with E-state index < -0.39 is 22.3 Å². The SMILES string of the molecule is COc1ccc(C[C@@H](COS(=O)(=O)c2ccc(C)cc2)NC(=O)OCc2ccccc2)cc1. The average molecular weight is 470 g/mol. The third kappa shape index (κ3) is 7.62. The number of carbonyl (C=O) groups excluding carboxylic acids is 1. The molecule has 0 saturated heterocycles. The lowest BCUT2D eigenvalue weighted by Gasteiger charge is -2.19. The van der Waals surface area contributed by atoms with Crippen LogP contribution in [0.4, 0.5) is 4.79 Å². The summed E-state index contributed by atoms with van der Waals surface area (Å²) in [5.41, 5.74) is 2.66. The molecule has 0 aliphatic rings. The molecular weight excluding hydrogens is 442 g/mol. The van der Waals surface area contributed by atoms with Crippen molar-refractivity contribution in [1.82, 2.24) is 5.32 Å². The molecule has 0 aliphatic carbocycles. The molecule has 0 heterocycles. The highest BCUT2D eigenvalue weighted by molar-refractivity contribution is 7.86. The molecule has 1 N–H and O–H groups in total. The Hall–Kier alpha value is -3.36. The van der Waals surface area contributed by atoms with Crippen molar-refractivity contribution in [2.75, 3.05) is 13.7 Å². The predicted octanol–water partition coefficient (Wildman–Crippen LogP) is 4.25. The predicted molar refractivity (Wildman–Crippen MR) is 125 cm³/mol. The smallest absolute Gasteiger partial charge is 0.407 e. The topological polar surface area (TPSA) is 90.9 Å². The lowest BCUT2D eigenvalue weighted by Crippen LogP contribution is -2.40. The summed E-state index contributed by atoms with van der Waals surface area (Å²) in [5, 5.41) is 2.72. The van der Waals surface area contributed by atoms with Crippen LogP contribution in [0.15, 0.2) is 83.8 Å². The molecule has 3 rings (SSSR count). The fourth-order valence-corrected chi connectivity index (χ4v) is 4.02. The Morgan fingerprint density at radius 2 is 1.58 bits per heavy atom. The van der Waals surface area contributed by atoms with Gasteiger partial charge in [0.05, 0.1) is 24.7 Å². The van der Waals surface area contributed by atoms with E-state index in [9.17, 15) is 13.2 Å². The Bertz CT molecular complexity index is 1130. The first-order valence-electron chi connectivity index (χ1n) is 10.4. The zero-order valence-corrected chi connectivity index (χ0v) is 19.4. The lowest BCUT2D eigenvalue weighted by atomic mass is 10.1. The number of benzene rings is 3. The lowest BCUT2D eigenvalue weighted by molar-refractivity contribution is 0.131. The molecule has 33 heavy (non-hydrogen) atoms. The molecule has 3 aromatic carbocycles. The second-order valence-corrected chi connectivity index (χ2v) is 9.12. The van der Waals surface area contributed by atoms with Crippen LogP contribution in [0, 0.1) is 6.92 Å². The molecule has 0 unspecified atom stereocenters. The van der Waals surface area contributed by atoms with Crippen LogP contribution in [-0.4, -0.2) is 34.3 Å². The van der Waals surface area contributed by atoms with Crippen molar-refractivity contribution in [2.45, 2.75) is 30.9 Å². The van der Waals surface area contributed by atoms with Gasteiger partial charge in [0, 0.05) is 0 Å². The third-order valence-electron chi connectivity index (χ3n) is 4.91. The van der Waals surface area contributed by atoms with Crippen molar-refractivity contribution in [3.05, 3.63) is 95.6 Å². The number of rotatable bonds is 10. The molecule has 0 spiro atoms. The molecule has 1 atom stereocenters. The maximum atomic E-state index is 12.6. The van der Waals surface area contributed by atoms with Gasteiger partial charge in [-0.15, -0.1) is 0 Å². The quantitative estimate of drug-likeness (QED) is 0.447. The minimum atomic E-state index is -3.98. The summed E-state index contributed by atoms with van der Waals surface area (Å²) in [6.45, 7) is 1.72. The Morgan fingerprint density at radius 1 is 0.909 bits per heavy atom. The standard InChI is InChI=1S/C25H27NO6S/c1-19-8-14-24(15-9-19)33(28,29)32-18-22(16-20-10-12-23(30-2)13-11-20)26-25(27)31-17-21-6-4-3-5-7-21/h3-15,22H,16-18H2,1-2H3,(H,26,27)/t22-/m0/s1. The largest absolute Gasteiger partial charge is 0.497 e. The molecule has 0 aliphatic heterocycles. The number of hydrogen-bond acceptors (Lipinski definition) is 6. The van der Waals surface area contributed by atoms with E-state index in [1.165, 1.54) is 12.1 Å². The van der Waals surface area contributed by atoms with Gasteiger partial charge in [0.1, 0.15) is 12.4 Å². The number of nitrogens with one attached hydrogen (secondary N) is 1. The number of alkyl carbamates (subject to hydrolysis) is 1. The molecule has 0 bridgehead atoms. The molecule has 0 fully saturated rings. The van der Waals surface area contributed by atoms with Crippen molar-refractivity contribution < 1.29 is 26.9 Å². The van der Waals surface area contributed by atoms with Crippen molar-refractivity contribution in [2.24, 2.45) is 0 Å². The first-order chi connectivity index (χ1) is 15.9. The molecule has 1 amide bonds. The monoisotopic (exact) mass is 469 g/mol. The van der Waals surface area contributed by atoms with Crippen LogP contribution in [0.3, 0.4) is 0 Å². The van der Waals surface area contributed by atoms with Gasteiger partial charge in [0.15, 0.2) is 0 Å². The molecule has 7 nitrogen and oxygen atoms in total. The average Bonchev–Trinajstić information content (AvgIpc) is 2.83. The first-order valence-corrected chi connectivity index (χ1v) is 11.8. The Kier molecular flexibility index (Phi) is 8.46. The van der Waals surface area contributed by atoms with E-state index in [0.717, 1.165) is 16.7 Å². The van der Waals surface area contributed by atoms with Crippen molar-refractivity contribution in [3.63, 3.8) is 0 Å². The van der Waals surface area contributed by atoms with E-state index in [-0.39, 0.29) is 18.1 Å². The van der Waals surface area contributed by atoms with Crippen LogP contribution >= 0.6 is 0 Å². The van der Waals surface area contributed by atoms with Gasteiger partial charge >= 0.3 is 6.09 Å². The Labute approximate surface area is 194 Å². The normalized spacial score (nSPS) is 12.1. The summed E-state index contributed by atoms with van der Waals surface area (Å²) in [7, 11) is -2.40. The molecule has 0 saturated carbocycles. The van der Waals surface area contributed by atoms with Crippen LogP contribution in [0.2, 0.25) is 0 Å². The number of methoxy groups -OCH3 is 1. The maximum absolute atomic E-state index is 12.6. The van der Waals surface area contributed by atoms with Gasteiger partial charge in [-0.25, -0.2) is 4.79 Å². The van der Waals surface area contributed by atoms with E-state index in [1.54, 1.807) is 31.4 Å². The number of aryl methyl sites for hydroxylation is 1. The fourth-order valence-electron chi connectivity index (χ4n) is 3.07. The van der Waals surface area contributed by atoms with Crippen LogP contribution in [0.1, 0.15) is 16.7 Å². The Morgan fingerprint density at radius 3 is 2.21 bits per heavy atom. The van der Waals surface area contributed by atoms with Gasteiger partial charge in [0.2, 0.25) is 0 Å². The maximum Gasteiger partial charge on any atom is 0.407 e. The minimum absolute atomic E-state index is 0.0583. The molecule has 0 aromatic heterocycles. The van der Waals surface area contributed by atoms with Gasteiger partial charge < -0.3 is 14.8 Å². The van der Waals surface area contributed by atoms with E-state index in [0.29, 0.717) is 12.2 Å². The summed E-state index contributed by atoms with van der Waals surface area (Å²) in [4.78, 5) is 12.4. The first kappa shape index (κ1) is 24.3. The molecule has 3 aromatic rings. The van der Waals surface area contributed by atoms with Gasteiger partial charge in [-0.2, -0.15) is 8.42 Å². The van der Waals surface area contributed by atoms with Crippen LogP contribution in [0.25, 0.3) is 0 Å². The van der Waals surface area contributed by atoms with Crippen LogP contribution in [-0.2, 0) is 32.1 Å². The zero-order chi connectivity index (χ0) is 23.7. The van der Waals surface area contributed by atoms with Crippen molar-refractivity contribution in [1.29, 1.82) is 0 Å². The Balaban J connectivity index is 1.67. The minimum Gasteiger partial charge on any atom is -0.497 e. The van der Waals surface area contributed by atoms with Crippen molar-refractivity contribution >= 4 is 16.2 Å². The van der Waals surface area contributed by atoms with Crippen molar-refractivity contribution in [3.8, 4) is 5.75 Å². The highest BCUT2D eigenvalue weighted by atomic mass is 32.2. The zero-order valence-electron chi connectivity index (χ0n) is 18.6. The van der Waals surface area contributed by atoms with E-state index in [2.05, 4.69) is 5.32 Å². The molecule has 8 heteroatoms. The molecule has 174 valence electrons. The number of amides is 1. The van der Waals surface area contributed by atoms with Gasteiger partial charge in [-0.3, -0.25) is 4.18 Å². The molecule has 0 radical (unpaired) electrons. The second-order valence-electron chi connectivity index (χ2n) is 7.51. The van der Waals surface area contributed by atoms with Gasteiger partial charge in [-0.05, 0) is 48.7 Å². The summed E-state index contributed by atoms with van der Waals surface area (Å²) in [5.74, 6) is 0.698. The second kappa shape index (κ2) is 11.5. The molecular formula is C25H27NO6S. The number of ether oxygens (including phenoxy) is 2.